The molecule has 0 spiro atoms. The van der Waals surface area contributed by atoms with Crippen molar-refractivity contribution in [3.63, 3.8) is 0 Å². The van der Waals surface area contributed by atoms with Gasteiger partial charge < -0.3 is 53.5 Å². The number of phenols is 1. The Bertz CT molecular complexity index is 879. The van der Waals surface area contributed by atoms with Gasteiger partial charge in [0.1, 0.15) is 30.0 Å². The minimum absolute atomic E-state index is 0.110. The van der Waals surface area contributed by atoms with Crippen LogP contribution in [0.1, 0.15) is 26.3 Å². The summed E-state index contributed by atoms with van der Waals surface area (Å²) in [6.07, 6.45) is -0.689. The van der Waals surface area contributed by atoms with Gasteiger partial charge in [0, 0.05) is 0 Å². The number of hydrogen-bond acceptors (Lipinski definition) is 13. The van der Waals surface area contributed by atoms with Gasteiger partial charge in [0.25, 0.3) is 0 Å². The van der Waals surface area contributed by atoms with Crippen molar-refractivity contribution in [3.05, 3.63) is 29.8 Å². The summed E-state index contributed by atoms with van der Waals surface area (Å²) >= 11 is 0. The van der Waals surface area contributed by atoms with Crippen molar-refractivity contribution in [2.75, 3.05) is 13.1 Å². The van der Waals surface area contributed by atoms with Crippen LogP contribution in [0.15, 0.2) is 24.3 Å². The van der Waals surface area contributed by atoms with Crippen LogP contribution >= 0.6 is 0 Å². The zero-order chi connectivity index (χ0) is 29.3. The van der Waals surface area contributed by atoms with E-state index in [-0.39, 0.29) is 24.6 Å². The number of carboxylic acids is 2. The Balaban J connectivity index is 0. The summed E-state index contributed by atoms with van der Waals surface area (Å²) in [6, 6.07) is 3.34. The number of nitrogens with two attached hydrogens (primary N) is 5. The third kappa shape index (κ3) is 16.6. The Morgan fingerprint density at radius 1 is 0.838 bits per heavy atom. The van der Waals surface area contributed by atoms with Crippen molar-refractivity contribution in [2.45, 2.75) is 51.4 Å². The lowest BCUT2D eigenvalue weighted by atomic mass is 10.1. The highest BCUT2D eigenvalue weighted by molar-refractivity contribution is 5.89. The molecule has 1 aromatic carbocycles. The first-order valence-electron chi connectivity index (χ1n) is 10.9. The molecule has 0 saturated carbocycles. The molecule has 37 heavy (non-hydrogen) atoms. The van der Waals surface area contributed by atoms with E-state index >= 15 is 0 Å². The second-order valence-corrected chi connectivity index (χ2v) is 7.85. The quantitative estimate of drug-likeness (QED) is 0.116. The molecule has 0 aliphatic carbocycles. The van der Waals surface area contributed by atoms with Gasteiger partial charge in [-0.2, -0.15) is 0 Å². The van der Waals surface area contributed by atoms with E-state index < -0.39 is 60.6 Å². The molecule has 0 radical (unpaired) electrons. The molecule has 0 saturated heterocycles. The minimum Gasteiger partial charge on any atom is -0.508 e. The van der Waals surface area contributed by atoms with E-state index in [0.717, 1.165) is 5.56 Å². The maximum absolute atomic E-state index is 11.6. The van der Waals surface area contributed by atoms with E-state index in [9.17, 15) is 24.0 Å². The summed E-state index contributed by atoms with van der Waals surface area (Å²) in [4.78, 5) is 53.4. The second kappa shape index (κ2) is 18.6. The molecule has 13 N–H and O–H groups in total. The van der Waals surface area contributed by atoms with E-state index in [2.05, 4.69) is 10.5 Å². The average molecular weight is 532 g/mol. The molecule has 0 aliphatic rings. The standard InChI is InChI=1S/C11H21N3O5.C9H11NO3.C2H5NO2/c1-5(2)8(13)10(16)18-6(3)9(14)11(17)19-7(15)4-12;10-8(9(12)13)5-6-1-3-7(11)4-2-6;3-1-2(4)5/h5-6,8-9H,4,12-14H2,1-3H3;1-4,8,11H,5,10H2,(H,12,13);1,3H2,(H,4,5)/t6-,8+,9+;8-;/m10./s1. The summed E-state index contributed by atoms with van der Waals surface area (Å²) in [5.41, 5.74) is 26.8. The number of esters is 3. The number of carbonyl (C=O) groups is 5. The summed E-state index contributed by atoms with van der Waals surface area (Å²) in [5, 5.41) is 25.1. The Morgan fingerprint density at radius 3 is 1.70 bits per heavy atom. The number of carbonyl (C=O) groups excluding carboxylic acids is 3. The lowest BCUT2D eigenvalue weighted by Gasteiger charge is -2.21. The van der Waals surface area contributed by atoms with Gasteiger partial charge in [-0.15, -0.1) is 0 Å². The van der Waals surface area contributed by atoms with Crippen LogP contribution in [0, 0.1) is 5.92 Å². The highest BCUT2D eigenvalue weighted by Crippen LogP contribution is 2.10. The molecule has 1 rings (SSSR count). The maximum Gasteiger partial charge on any atom is 0.334 e. The Hall–Kier alpha value is -3.63. The van der Waals surface area contributed by atoms with Crippen molar-refractivity contribution in [2.24, 2.45) is 34.6 Å². The van der Waals surface area contributed by atoms with Crippen LogP contribution in [-0.2, 0) is 39.9 Å². The molecule has 210 valence electrons. The van der Waals surface area contributed by atoms with Crippen LogP contribution in [-0.4, -0.2) is 82.5 Å². The summed E-state index contributed by atoms with van der Waals surface area (Å²) < 4.78 is 9.26. The van der Waals surface area contributed by atoms with E-state index in [4.69, 9.17) is 43.0 Å². The predicted molar refractivity (Wildman–Crippen MR) is 131 cm³/mol. The number of aromatic hydroxyl groups is 1. The van der Waals surface area contributed by atoms with Gasteiger partial charge in [0.05, 0.1) is 13.1 Å². The molecule has 15 heteroatoms. The fourth-order valence-corrected chi connectivity index (χ4v) is 1.99. The topological polar surface area (TPSA) is 295 Å². The zero-order valence-corrected chi connectivity index (χ0v) is 20.9. The van der Waals surface area contributed by atoms with Crippen LogP contribution in [0.2, 0.25) is 0 Å². The third-order valence-electron chi connectivity index (χ3n) is 4.34. The molecule has 0 heterocycles. The number of rotatable bonds is 10. The van der Waals surface area contributed by atoms with Crippen molar-refractivity contribution in [1.29, 1.82) is 0 Å². The van der Waals surface area contributed by atoms with Crippen LogP contribution < -0.4 is 28.7 Å². The molecule has 0 aromatic heterocycles. The van der Waals surface area contributed by atoms with Gasteiger partial charge in [0.15, 0.2) is 0 Å². The lowest BCUT2D eigenvalue weighted by Crippen LogP contribution is -2.47. The fraction of sp³-hybridized carbons (Fsp3) is 0.500. The van der Waals surface area contributed by atoms with E-state index in [1.807, 2.05) is 0 Å². The smallest absolute Gasteiger partial charge is 0.334 e. The van der Waals surface area contributed by atoms with Crippen LogP contribution in [0.5, 0.6) is 5.75 Å². The van der Waals surface area contributed by atoms with Crippen molar-refractivity contribution in [1.82, 2.24) is 0 Å². The lowest BCUT2D eigenvalue weighted by molar-refractivity contribution is -0.164. The highest BCUT2D eigenvalue weighted by Gasteiger charge is 2.29. The molecule has 0 amide bonds. The molecule has 0 fully saturated rings. The molecule has 4 atom stereocenters. The van der Waals surface area contributed by atoms with Gasteiger partial charge in [-0.1, -0.05) is 26.0 Å². The highest BCUT2D eigenvalue weighted by atomic mass is 16.6. The molecular formula is C22H37N5O10. The SMILES string of the molecule is CC(C)[C@H](N)C(=O)O[C@H](C)[C@H](N)C(=O)OC(=O)CN.NCC(=O)O.N[C@@H](Cc1ccc(O)cc1)C(=O)O. The predicted octanol–water partition coefficient (Wildman–Crippen LogP) is -2.37. The van der Waals surface area contributed by atoms with Crippen molar-refractivity contribution in [3.8, 4) is 5.75 Å². The first-order valence-corrected chi connectivity index (χ1v) is 10.9. The molecule has 0 aliphatic heterocycles. The Morgan fingerprint density at radius 2 is 1.32 bits per heavy atom. The summed E-state index contributed by atoms with van der Waals surface area (Å²) in [7, 11) is 0. The van der Waals surface area contributed by atoms with Crippen LogP contribution in [0.4, 0.5) is 0 Å². The summed E-state index contributed by atoms with van der Waals surface area (Å²) in [5.74, 6) is -4.52. The number of carboxylic acid groups (broad SMARTS) is 2. The molecule has 0 unspecified atom stereocenters. The number of phenolic OH excluding ortho intramolecular Hbond substituents is 1. The largest absolute Gasteiger partial charge is 0.508 e. The van der Waals surface area contributed by atoms with Crippen LogP contribution in [0.3, 0.4) is 0 Å². The third-order valence-corrected chi connectivity index (χ3v) is 4.34. The maximum atomic E-state index is 11.6. The van der Waals surface area contributed by atoms with Crippen molar-refractivity contribution < 1.29 is 48.8 Å². The van der Waals surface area contributed by atoms with Gasteiger partial charge in [0.2, 0.25) is 0 Å². The zero-order valence-electron chi connectivity index (χ0n) is 20.9. The molecule has 15 nitrogen and oxygen atoms in total. The first-order chi connectivity index (χ1) is 17.1. The van der Waals surface area contributed by atoms with Gasteiger partial charge in [-0.25, -0.2) is 4.79 Å². The normalized spacial score (nSPS) is 13.3. The number of hydrogen-bond donors (Lipinski definition) is 8. The fourth-order valence-electron chi connectivity index (χ4n) is 1.99. The van der Waals surface area contributed by atoms with Gasteiger partial charge in [-0.05, 0) is 37.0 Å². The minimum atomic E-state index is -1.28. The number of ether oxygens (including phenoxy) is 2. The molecular weight excluding hydrogens is 494 g/mol. The monoisotopic (exact) mass is 531 g/mol. The Kier molecular flexibility index (Phi) is 17.9. The second-order valence-electron chi connectivity index (χ2n) is 7.85. The van der Waals surface area contributed by atoms with E-state index in [1.165, 1.54) is 19.1 Å². The number of benzene rings is 1. The first kappa shape index (κ1) is 35.5. The van der Waals surface area contributed by atoms with Crippen LogP contribution in [0.25, 0.3) is 0 Å². The number of aliphatic carboxylic acids is 2. The molecule has 0 bridgehead atoms. The summed E-state index contributed by atoms with van der Waals surface area (Å²) in [6.45, 7) is 4.20. The van der Waals surface area contributed by atoms with Crippen molar-refractivity contribution >= 4 is 29.8 Å². The van der Waals surface area contributed by atoms with E-state index in [1.54, 1.807) is 26.0 Å². The molecule has 1 aromatic rings. The Labute approximate surface area is 213 Å². The van der Waals surface area contributed by atoms with Gasteiger partial charge >= 0.3 is 29.8 Å². The average Bonchev–Trinajstić information content (AvgIpc) is 2.84. The van der Waals surface area contributed by atoms with Gasteiger partial charge in [-0.3, -0.25) is 19.2 Å². The van der Waals surface area contributed by atoms with E-state index in [0.29, 0.717) is 0 Å².